The normalized spacial score (nSPS) is 13.4. The van der Waals surface area contributed by atoms with Gasteiger partial charge in [-0.15, -0.1) is 5.53 Å². The van der Waals surface area contributed by atoms with Crippen LogP contribution in [0.4, 0.5) is 5.69 Å². The molecule has 3 aromatic carbocycles. The molecule has 1 aliphatic rings. The fraction of sp³-hybridized carbons (Fsp3) is 0.0385. The van der Waals surface area contributed by atoms with Crippen LogP contribution in [0.15, 0.2) is 104 Å². The van der Waals surface area contributed by atoms with E-state index in [-0.39, 0.29) is 0 Å². The zero-order valence-electron chi connectivity index (χ0n) is 17.5. The molecule has 1 aliphatic heterocycles. The van der Waals surface area contributed by atoms with Crippen molar-refractivity contribution in [2.75, 3.05) is 12.1 Å². The Morgan fingerprint density at radius 3 is 2.44 bits per heavy atom. The SMILES string of the molecule is CN1C=CN(c2cccc(Oc3ccc4c5ccccc5n(-c5ccccn5)c4c3)c2)N1. The van der Waals surface area contributed by atoms with Gasteiger partial charge in [0.2, 0.25) is 0 Å². The summed E-state index contributed by atoms with van der Waals surface area (Å²) in [6, 6.07) is 28.6. The van der Waals surface area contributed by atoms with Crippen LogP contribution in [0.3, 0.4) is 0 Å². The van der Waals surface area contributed by atoms with E-state index in [0.29, 0.717) is 0 Å². The van der Waals surface area contributed by atoms with Crippen LogP contribution >= 0.6 is 0 Å². The molecule has 0 fully saturated rings. The number of aromatic nitrogens is 2. The Morgan fingerprint density at radius 1 is 0.750 bits per heavy atom. The summed E-state index contributed by atoms with van der Waals surface area (Å²) in [6.45, 7) is 0. The van der Waals surface area contributed by atoms with Crippen LogP contribution in [0.5, 0.6) is 11.5 Å². The molecule has 1 N–H and O–H groups in total. The molecule has 6 nitrogen and oxygen atoms in total. The highest BCUT2D eigenvalue weighted by Gasteiger charge is 2.14. The standard InChI is InChI=1S/C26H21N5O/c1-29-15-16-30(28-29)19-7-6-8-20(17-19)32-21-12-13-23-22-9-2-3-10-24(22)31(25(23)18-21)26-11-4-5-14-27-26/h2-18,28H,1H3. The summed E-state index contributed by atoms with van der Waals surface area (Å²) in [5, 5.41) is 6.19. The Labute approximate surface area is 185 Å². The van der Waals surface area contributed by atoms with Gasteiger partial charge in [-0.05, 0) is 42.5 Å². The zero-order valence-corrected chi connectivity index (χ0v) is 17.5. The molecule has 6 rings (SSSR count). The molecule has 156 valence electrons. The lowest BCUT2D eigenvalue weighted by Crippen LogP contribution is -2.36. The second-order valence-corrected chi connectivity index (χ2v) is 7.70. The average Bonchev–Trinajstić information content (AvgIpc) is 3.41. The van der Waals surface area contributed by atoms with Crippen molar-refractivity contribution in [3.05, 3.63) is 104 Å². The second-order valence-electron chi connectivity index (χ2n) is 7.70. The first-order chi connectivity index (χ1) is 15.8. The van der Waals surface area contributed by atoms with Gasteiger partial charge < -0.3 is 4.74 Å². The minimum Gasteiger partial charge on any atom is -0.457 e. The molecule has 0 unspecified atom stereocenters. The number of nitrogens with zero attached hydrogens (tertiary/aromatic N) is 4. The van der Waals surface area contributed by atoms with Crippen LogP contribution in [-0.4, -0.2) is 21.6 Å². The van der Waals surface area contributed by atoms with E-state index in [1.54, 1.807) is 0 Å². The van der Waals surface area contributed by atoms with Crippen LogP contribution < -0.4 is 15.3 Å². The topological polar surface area (TPSA) is 45.6 Å². The number of anilines is 1. The Morgan fingerprint density at radius 2 is 1.59 bits per heavy atom. The summed E-state index contributed by atoms with van der Waals surface area (Å²) in [4.78, 5) is 4.60. The van der Waals surface area contributed by atoms with Crippen molar-refractivity contribution in [1.29, 1.82) is 0 Å². The lowest BCUT2D eigenvalue weighted by atomic mass is 10.1. The molecule has 0 bridgehead atoms. The van der Waals surface area contributed by atoms with Gasteiger partial charge in [0.1, 0.15) is 17.3 Å². The highest BCUT2D eigenvalue weighted by Crippen LogP contribution is 2.35. The van der Waals surface area contributed by atoms with Gasteiger partial charge in [-0.3, -0.25) is 14.6 Å². The number of fused-ring (bicyclic) bond motifs is 3. The van der Waals surface area contributed by atoms with Crippen molar-refractivity contribution < 1.29 is 4.74 Å². The molecule has 2 aromatic heterocycles. The van der Waals surface area contributed by atoms with E-state index in [1.165, 1.54) is 10.8 Å². The lowest BCUT2D eigenvalue weighted by molar-refractivity contribution is 0.358. The molecule has 0 saturated heterocycles. The smallest absolute Gasteiger partial charge is 0.137 e. The zero-order chi connectivity index (χ0) is 21.5. The minimum atomic E-state index is 0.770. The number of hydrogen-bond acceptors (Lipinski definition) is 5. The number of ether oxygens (including phenoxy) is 1. The lowest BCUT2D eigenvalue weighted by Gasteiger charge is -2.20. The van der Waals surface area contributed by atoms with E-state index >= 15 is 0 Å². The summed E-state index contributed by atoms with van der Waals surface area (Å²) < 4.78 is 8.46. The van der Waals surface area contributed by atoms with Crippen LogP contribution in [0.25, 0.3) is 27.6 Å². The summed E-state index contributed by atoms with van der Waals surface area (Å²) in [6.07, 6.45) is 5.74. The van der Waals surface area contributed by atoms with Crippen molar-refractivity contribution in [3.8, 4) is 17.3 Å². The van der Waals surface area contributed by atoms with E-state index in [9.17, 15) is 0 Å². The Bertz CT molecular complexity index is 1460. The Kier molecular flexibility index (Phi) is 4.30. The average molecular weight is 419 g/mol. The third-order valence-corrected chi connectivity index (χ3v) is 5.56. The molecule has 5 aromatic rings. The third kappa shape index (κ3) is 3.14. The minimum absolute atomic E-state index is 0.770. The number of hydrogen-bond donors (Lipinski definition) is 1. The van der Waals surface area contributed by atoms with Crippen molar-refractivity contribution in [3.63, 3.8) is 0 Å². The predicted octanol–water partition coefficient (Wildman–Crippen LogP) is 5.61. The number of para-hydroxylation sites is 1. The second kappa shape index (κ2) is 7.44. The van der Waals surface area contributed by atoms with Gasteiger partial charge in [-0.25, -0.2) is 4.98 Å². The predicted molar refractivity (Wildman–Crippen MR) is 128 cm³/mol. The first kappa shape index (κ1) is 18.5. The number of hydrazine groups is 2. The fourth-order valence-corrected chi connectivity index (χ4v) is 4.13. The van der Waals surface area contributed by atoms with Crippen molar-refractivity contribution >= 4 is 27.5 Å². The van der Waals surface area contributed by atoms with Crippen molar-refractivity contribution in [1.82, 2.24) is 20.1 Å². The quantitative estimate of drug-likeness (QED) is 0.410. The maximum Gasteiger partial charge on any atom is 0.137 e. The maximum atomic E-state index is 6.27. The van der Waals surface area contributed by atoms with Crippen molar-refractivity contribution in [2.45, 2.75) is 0 Å². The summed E-state index contributed by atoms with van der Waals surface area (Å²) in [5.74, 6) is 2.43. The van der Waals surface area contributed by atoms with Gasteiger partial charge in [0.15, 0.2) is 0 Å². The molecule has 0 spiro atoms. The van der Waals surface area contributed by atoms with E-state index in [0.717, 1.165) is 34.0 Å². The number of nitrogens with one attached hydrogen (secondary N) is 1. The summed E-state index contributed by atoms with van der Waals surface area (Å²) in [5.41, 5.74) is 6.39. The highest BCUT2D eigenvalue weighted by atomic mass is 16.5. The molecular formula is C26H21N5O. The van der Waals surface area contributed by atoms with Gasteiger partial charge in [-0.1, -0.05) is 30.3 Å². The van der Waals surface area contributed by atoms with E-state index < -0.39 is 0 Å². The molecule has 6 heteroatoms. The van der Waals surface area contributed by atoms with Gasteiger partial charge in [-0.2, -0.15) is 0 Å². The highest BCUT2D eigenvalue weighted by molar-refractivity contribution is 6.09. The molecule has 3 heterocycles. The molecular weight excluding hydrogens is 398 g/mol. The third-order valence-electron chi connectivity index (χ3n) is 5.56. The van der Waals surface area contributed by atoms with Crippen LogP contribution in [0.1, 0.15) is 0 Å². The Hall–Kier alpha value is -4.29. The number of benzene rings is 3. The van der Waals surface area contributed by atoms with E-state index in [1.807, 2.05) is 84.2 Å². The largest absolute Gasteiger partial charge is 0.457 e. The van der Waals surface area contributed by atoms with E-state index in [2.05, 4.69) is 51.5 Å². The van der Waals surface area contributed by atoms with Crippen molar-refractivity contribution in [2.24, 2.45) is 0 Å². The molecule has 0 amide bonds. The van der Waals surface area contributed by atoms with Gasteiger partial charge >= 0.3 is 0 Å². The fourth-order valence-electron chi connectivity index (χ4n) is 4.13. The molecule has 32 heavy (non-hydrogen) atoms. The molecule has 0 aliphatic carbocycles. The first-order valence-corrected chi connectivity index (χ1v) is 10.5. The molecule has 0 saturated carbocycles. The first-order valence-electron chi connectivity index (χ1n) is 10.5. The van der Waals surface area contributed by atoms with Gasteiger partial charge in [0.25, 0.3) is 0 Å². The van der Waals surface area contributed by atoms with Crippen LogP contribution in [0.2, 0.25) is 0 Å². The monoisotopic (exact) mass is 419 g/mol. The van der Waals surface area contributed by atoms with E-state index in [4.69, 9.17) is 4.74 Å². The number of pyridine rings is 1. The Balaban J connectivity index is 1.43. The van der Waals surface area contributed by atoms with Gasteiger partial charge in [0.05, 0.1) is 16.7 Å². The number of rotatable bonds is 4. The summed E-state index contributed by atoms with van der Waals surface area (Å²) >= 11 is 0. The molecule has 0 radical (unpaired) electrons. The maximum absolute atomic E-state index is 6.27. The van der Waals surface area contributed by atoms with Crippen LogP contribution in [0, 0.1) is 0 Å². The van der Waals surface area contributed by atoms with Crippen LogP contribution in [-0.2, 0) is 0 Å². The summed E-state index contributed by atoms with van der Waals surface area (Å²) in [7, 11) is 1.95. The van der Waals surface area contributed by atoms with Gasteiger partial charge in [0, 0.05) is 48.5 Å². The molecule has 0 atom stereocenters.